The molecule has 0 aromatic carbocycles. The highest BCUT2D eigenvalue weighted by atomic mass is 16.6. The van der Waals surface area contributed by atoms with Crippen molar-refractivity contribution in [1.29, 1.82) is 0 Å². The molecule has 0 amide bonds. The minimum atomic E-state index is -0.919. The van der Waals surface area contributed by atoms with E-state index in [1.807, 2.05) is 0 Å². The Kier molecular flexibility index (Phi) is 29.2. The molecule has 0 radical (unpaired) electrons. The average Bonchev–Trinajstić information content (AvgIpc) is 2.92. The van der Waals surface area contributed by atoms with Gasteiger partial charge in [-0.05, 0) is 72.5 Å². The molecule has 1 atom stereocenters. The summed E-state index contributed by atoms with van der Waals surface area (Å²) < 4.78 is 10.1. The number of ether oxygens (including phenoxy) is 2. The van der Waals surface area contributed by atoms with Gasteiger partial charge in [0.05, 0.1) is 6.61 Å². The van der Waals surface area contributed by atoms with Gasteiger partial charge in [-0.1, -0.05) is 89.9 Å². The minimum absolute atomic E-state index is 0. The normalized spacial score (nSPS) is 9.21. The summed E-state index contributed by atoms with van der Waals surface area (Å²) in [5.74, 6) is 28.0. The number of unbranched alkanes of at least 4 members (excludes halogenated alkanes) is 12. The quantitative estimate of drug-likeness (QED) is 0.0772. The monoisotopic (exact) mass is 555 g/mol. The molecule has 0 saturated heterocycles. The maximum atomic E-state index is 12.0. The second-order valence-corrected chi connectivity index (χ2v) is 8.51. The highest BCUT2D eigenvalue weighted by Crippen LogP contribution is 2.13. The van der Waals surface area contributed by atoms with Crippen molar-refractivity contribution in [1.82, 2.24) is 6.15 Å². The number of aliphatic hydroxyl groups is 1. The highest BCUT2D eigenvalue weighted by molar-refractivity contribution is 5.89. The van der Waals surface area contributed by atoms with Gasteiger partial charge in [-0.25, -0.2) is 4.79 Å². The Hall–Kier alpha value is -3.78. The molecule has 39 heavy (non-hydrogen) atoms. The number of carbonyl (C=O) groups is 2. The lowest BCUT2D eigenvalue weighted by atomic mass is 10.0. The molecule has 0 fully saturated rings. The van der Waals surface area contributed by atoms with E-state index in [0.29, 0.717) is 0 Å². The van der Waals surface area contributed by atoms with Crippen molar-refractivity contribution < 1.29 is 39.9 Å². The van der Waals surface area contributed by atoms with Crippen LogP contribution in [0, 0.1) is 71.0 Å². The van der Waals surface area contributed by atoms with Crippen LogP contribution in [-0.2, 0) is 19.1 Å². The molecular weight excluding hydrogens is 490 g/mol. The van der Waals surface area contributed by atoms with Crippen molar-refractivity contribution in [3.05, 3.63) is 0 Å². The molecule has 0 aliphatic carbocycles. The first-order chi connectivity index (χ1) is 18.6. The van der Waals surface area contributed by atoms with Gasteiger partial charge in [0.2, 0.25) is 0 Å². The predicted octanol–water partition coefficient (Wildman–Crippen LogP) is 7.82. The fraction of sp³-hybridized carbons (Fsp3) is 0.576. The third kappa shape index (κ3) is 28.6. The minimum Gasteiger partial charge on any atom is -0.456 e. The van der Waals surface area contributed by atoms with Crippen LogP contribution in [0.4, 0.5) is 0 Å². The van der Waals surface area contributed by atoms with Crippen LogP contribution >= 0.6 is 0 Å². The van der Waals surface area contributed by atoms with Gasteiger partial charge < -0.3 is 20.7 Å². The predicted molar refractivity (Wildman–Crippen MR) is 179 cm³/mol. The van der Waals surface area contributed by atoms with Crippen molar-refractivity contribution >= 4 is 11.9 Å². The Labute approximate surface area is 252 Å². The van der Waals surface area contributed by atoms with Gasteiger partial charge >= 0.3 is 11.9 Å². The smallest absolute Gasteiger partial charge is 0.385 e. The zero-order chi connectivity index (χ0) is 27.9. The molecule has 0 aliphatic heterocycles. The summed E-state index contributed by atoms with van der Waals surface area (Å²) in [5, 5.41) is 9.38. The van der Waals surface area contributed by atoms with Crippen LogP contribution in [-0.4, -0.2) is 36.4 Å². The molecule has 0 heterocycles. The number of carbonyl (C=O) groups excluding carboxylic acids is 2. The lowest BCUT2D eigenvalue weighted by Gasteiger charge is -2.14. The van der Waals surface area contributed by atoms with Crippen molar-refractivity contribution in [2.24, 2.45) is 0 Å². The highest BCUT2D eigenvalue weighted by Gasteiger charge is 2.15. The second kappa shape index (κ2) is 30.4. The molecule has 232 valence electrons. The van der Waals surface area contributed by atoms with Crippen LogP contribution in [0.15, 0.2) is 0 Å². The second-order valence-electron chi connectivity index (χ2n) is 8.51. The Morgan fingerprint density at radius 1 is 0.692 bits per heavy atom. The molecule has 6 nitrogen and oxygen atoms in total. The molecule has 0 unspecified atom stereocenters. The van der Waals surface area contributed by atoms with Crippen LogP contribution in [0.2, 0.25) is 0 Å². The molecule has 0 aromatic rings. The molecule has 4 N–H and O–H groups in total. The third-order valence-electron chi connectivity index (χ3n) is 5.24. The van der Waals surface area contributed by atoms with E-state index < -0.39 is 24.6 Å². The topological polar surface area (TPSA) is 108 Å². The fourth-order valence-electron chi connectivity index (χ4n) is 3.26. The van der Waals surface area contributed by atoms with Crippen molar-refractivity contribution in [3.63, 3.8) is 0 Å². The molecule has 0 saturated carbocycles. The maximum Gasteiger partial charge on any atom is 0.385 e. The van der Waals surface area contributed by atoms with Gasteiger partial charge in [-0.3, -0.25) is 4.79 Å². The number of hydrogen-bond acceptors (Lipinski definition) is 6. The molecule has 0 aromatic heterocycles. The first kappa shape index (κ1) is 37.4. The van der Waals surface area contributed by atoms with E-state index in [1.54, 1.807) is 6.92 Å². The number of rotatable bonds is 18. The Morgan fingerprint density at radius 3 is 1.59 bits per heavy atom. The van der Waals surface area contributed by atoms with E-state index in [-0.39, 0.29) is 34.9 Å². The summed E-state index contributed by atoms with van der Waals surface area (Å²) in [6.45, 7) is 3.19. The number of hydrogen-bond donors (Lipinski definition) is 2. The van der Waals surface area contributed by atoms with Crippen LogP contribution in [0.5, 0.6) is 0 Å². The van der Waals surface area contributed by atoms with Gasteiger partial charge in [0, 0.05) is 28.0 Å². The van der Waals surface area contributed by atoms with E-state index in [4.69, 9.17) is 9.47 Å². The van der Waals surface area contributed by atoms with Gasteiger partial charge in [0.1, 0.15) is 6.61 Å². The maximum absolute atomic E-state index is 12.0. The summed E-state index contributed by atoms with van der Waals surface area (Å²) in [6, 6.07) is 0. The fourth-order valence-corrected chi connectivity index (χ4v) is 3.26. The van der Waals surface area contributed by atoms with Crippen molar-refractivity contribution in [2.45, 2.75) is 110 Å². The zero-order valence-electron chi connectivity index (χ0n) is 23.7. The molecular formula is C33H65NO5. The van der Waals surface area contributed by atoms with Crippen LogP contribution in [0.1, 0.15) is 119 Å². The van der Waals surface area contributed by atoms with E-state index in [2.05, 4.69) is 78.0 Å². The van der Waals surface area contributed by atoms with Crippen LogP contribution in [0.3, 0.4) is 0 Å². The standard InChI is InChI=1S/C33H40O5.H3N.11H2/c1-3-5-7-9-11-13-15-16-18-20-22-24-26-28-33(36)38-31(29-34)30-37-32(35)27-25-23-21-19-17-14-12-10-8-6-4-2;;;;;;;;;;;;/h31,34H,3,5,7,9,11,13,15-16,18,20,22,24,26,28-30H2,1-2H3;1H3;11*1H/t31-;;;;;;;;;;;;/m0............/s1. The Balaban J connectivity index is -0.000000104. The van der Waals surface area contributed by atoms with Crippen molar-refractivity contribution in [3.8, 4) is 71.0 Å². The van der Waals surface area contributed by atoms with Crippen LogP contribution in [0.25, 0.3) is 0 Å². The summed E-state index contributed by atoms with van der Waals surface area (Å²) >= 11 is 0. The summed E-state index contributed by atoms with van der Waals surface area (Å²) in [4.78, 5) is 23.6. The average molecular weight is 556 g/mol. The molecule has 6 heteroatoms. The van der Waals surface area contributed by atoms with E-state index in [9.17, 15) is 14.7 Å². The SMILES string of the molecule is CC#CC#CC#CC#CC#CC#CC(=O)OC[C@H](CO)OC(=O)CCCCCCCCCCCCCCC.N.[HH].[HH].[HH].[HH].[HH].[HH].[HH].[HH].[HH].[HH].[HH]. The lowest BCUT2D eigenvalue weighted by Crippen LogP contribution is -2.28. The Morgan fingerprint density at radius 2 is 1.13 bits per heavy atom. The summed E-state index contributed by atoms with van der Waals surface area (Å²) in [5.41, 5.74) is 0. The third-order valence-corrected chi connectivity index (χ3v) is 5.24. The Bertz CT molecular complexity index is 1090. The lowest BCUT2D eigenvalue weighted by molar-refractivity contribution is -0.159. The first-order valence-corrected chi connectivity index (χ1v) is 13.5. The largest absolute Gasteiger partial charge is 0.456 e. The molecule has 0 bridgehead atoms. The first-order valence-electron chi connectivity index (χ1n) is 13.5. The summed E-state index contributed by atoms with van der Waals surface area (Å²) in [6.07, 6.45) is 15.3. The molecule has 0 spiro atoms. The van der Waals surface area contributed by atoms with E-state index in [0.717, 1.165) is 19.3 Å². The molecule has 0 aliphatic rings. The van der Waals surface area contributed by atoms with Crippen LogP contribution < -0.4 is 6.15 Å². The van der Waals surface area contributed by atoms with E-state index in [1.165, 1.54) is 64.2 Å². The molecule has 0 rings (SSSR count). The number of aliphatic hydroxyl groups excluding tert-OH is 1. The van der Waals surface area contributed by atoms with E-state index >= 15 is 0 Å². The van der Waals surface area contributed by atoms with Gasteiger partial charge in [0.25, 0.3) is 0 Å². The number of esters is 2. The van der Waals surface area contributed by atoms with Gasteiger partial charge in [0.15, 0.2) is 6.10 Å². The zero-order valence-corrected chi connectivity index (χ0v) is 23.7. The van der Waals surface area contributed by atoms with Gasteiger partial charge in [-0.15, -0.1) is 0 Å². The summed E-state index contributed by atoms with van der Waals surface area (Å²) in [7, 11) is 0. The van der Waals surface area contributed by atoms with Crippen molar-refractivity contribution in [2.75, 3.05) is 13.2 Å². The van der Waals surface area contributed by atoms with Gasteiger partial charge in [-0.2, -0.15) is 0 Å².